The molecule has 1 aliphatic carbocycles. The van der Waals surface area contributed by atoms with Gasteiger partial charge in [0.15, 0.2) is 0 Å². The van der Waals surface area contributed by atoms with Crippen LogP contribution in [0.3, 0.4) is 0 Å². The summed E-state index contributed by atoms with van der Waals surface area (Å²) in [4.78, 5) is 23.5. The second-order valence-electron chi connectivity index (χ2n) is 6.17. The van der Waals surface area contributed by atoms with Crippen LogP contribution in [0.5, 0.6) is 0 Å². The summed E-state index contributed by atoms with van der Waals surface area (Å²) in [7, 11) is 1.60. The molecule has 1 fully saturated rings. The van der Waals surface area contributed by atoms with Crippen LogP contribution in [0, 0.1) is 5.92 Å². The van der Waals surface area contributed by atoms with E-state index in [4.69, 9.17) is 4.74 Å². The molecule has 5 heteroatoms. The van der Waals surface area contributed by atoms with Crippen LogP contribution in [0.25, 0.3) is 0 Å². The summed E-state index contributed by atoms with van der Waals surface area (Å²) < 4.78 is 5.75. The molecule has 5 nitrogen and oxygen atoms in total. The Labute approximate surface area is 137 Å². The Morgan fingerprint density at radius 1 is 1.26 bits per heavy atom. The molecular weight excluding hydrogens is 292 g/mol. The standard InChI is InChI=1S/C18H26N2O3/c1-13-6-3-4-9-16(13)23-12-17(21)20-11-14-7-5-8-15(10-14)18(22)19-2/h5,7-8,10,13,16H,3-4,6,9,11-12H2,1-2H3,(H,19,22)(H,20,21)/t13-,16+/m1/s1. The van der Waals surface area contributed by atoms with Gasteiger partial charge in [-0.15, -0.1) is 0 Å². The lowest BCUT2D eigenvalue weighted by atomic mass is 9.88. The van der Waals surface area contributed by atoms with Crippen LogP contribution in [-0.4, -0.2) is 31.6 Å². The van der Waals surface area contributed by atoms with E-state index in [1.54, 1.807) is 19.2 Å². The molecule has 2 amide bonds. The van der Waals surface area contributed by atoms with E-state index in [0.29, 0.717) is 18.0 Å². The van der Waals surface area contributed by atoms with Crippen molar-refractivity contribution in [2.75, 3.05) is 13.7 Å². The van der Waals surface area contributed by atoms with Crippen LogP contribution in [0.2, 0.25) is 0 Å². The predicted octanol–water partition coefficient (Wildman–Crippen LogP) is 2.26. The summed E-state index contributed by atoms with van der Waals surface area (Å²) >= 11 is 0. The van der Waals surface area contributed by atoms with Gasteiger partial charge in [0.25, 0.3) is 5.91 Å². The number of hydrogen-bond donors (Lipinski definition) is 2. The van der Waals surface area contributed by atoms with Crippen molar-refractivity contribution in [3.63, 3.8) is 0 Å². The second-order valence-corrected chi connectivity index (χ2v) is 6.17. The summed E-state index contributed by atoms with van der Waals surface area (Å²) in [5, 5.41) is 5.43. The molecule has 23 heavy (non-hydrogen) atoms. The molecule has 1 aromatic rings. The van der Waals surface area contributed by atoms with Gasteiger partial charge in [-0.2, -0.15) is 0 Å². The van der Waals surface area contributed by atoms with Crippen LogP contribution in [-0.2, 0) is 16.1 Å². The Bertz CT molecular complexity index is 545. The number of hydrogen-bond acceptors (Lipinski definition) is 3. The van der Waals surface area contributed by atoms with Crippen LogP contribution >= 0.6 is 0 Å². The van der Waals surface area contributed by atoms with Gasteiger partial charge in [-0.05, 0) is 36.5 Å². The van der Waals surface area contributed by atoms with Gasteiger partial charge in [0.1, 0.15) is 6.61 Å². The summed E-state index contributed by atoms with van der Waals surface area (Å²) in [5.41, 5.74) is 1.48. The number of carbonyl (C=O) groups excluding carboxylic acids is 2. The van der Waals surface area contributed by atoms with Crippen molar-refractivity contribution in [2.24, 2.45) is 5.92 Å². The van der Waals surface area contributed by atoms with Gasteiger partial charge < -0.3 is 15.4 Å². The minimum absolute atomic E-state index is 0.101. The average molecular weight is 318 g/mol. The number of carbonyl (C=O) groups is 2. The molecule has 1 saturated carbocycles. The first kappa shape index (κ1) is 17.5. The van der Waals surface area contributed by atoms with E-state index in [1.807, 2.05) is 12.1 Å². The van der Waals surface area contributed by atoms with E-state index < -0.39 is 0 Å². The zero-order valence-corrected chi connectivity index (χ0v) is 13.9. The highest BCUT2D eigenvalue weighted by Crippen LogP contribution is 2.26. The van der Waals surface area contributed by atoms with E-state index in [9.17, 15) is 9.59 Å². The molecule has 126 valence electrons. The van der Waals surface area contributed by atoms with E-state index in [2.05, 4.69) is 17.6 Å². The molecule has 0 heterocycles. The second kappa shape index (κ2) is 8.67. The molecule has 2 N–H and O–H groups in total. The fraction of sp³-hybridized carbons (Fsp3) is 0.556. The number of nitrogens with one attached hydrogen (secondary N) is 2. The molecule has 2 rings (SSSR count). The van der Waals surface area contributed by atoms with Gasteiger partial charge in [0.2, 0.25) is 5.91 Å². The highest BCUT2D eigenvalue weighted by Gasteiger charge is 2.22. The SMILES string of the molecule is CNC(=O)c1cccc(CNC(=O)CO[C@H]2CCCC[C@H]2C)c1. The van der Waals surface area contributed by atoms with Crippen molar-refractivity contribution in [1.29, 1.82) is 0 Å². The predicted molar refractivity (Wildman–Crippen MR) is 89.1 cm³/mol. The minimum Gasteiger partial charge on any atom is -0.368 e. The lowest BCUT2D eigenvalue weighted by Crippen LogP contribution is -2.33. The molecule has 2 atom stereocenters. The van der Waals surface area contributed by atoms with Gasteiger partial charge in [-0.1, -0.05) is 31.9 Å². The van der Waals surface area contributed by atoms with Crippen molar-refractivity contribution < 1.29 is 14.3 Å². The van der Waals surface area contributed by atoms with E-state index in [0.717, 1.165) is 12.0 Å². The maximum atomic E-state index is 11.9. The van der Waals surface area contributed by atoms with Gasteiger partial charge in [0.05, 0.1) is 6.10 Å². The highest BCUT2D eigenvalue weighted by molar-refractivity contribution is 5.94. The number of amides is 2. The zero-order valence-electron chi connectivity index (χ0n) is 13.9. The first-order valence-corrected chi connectivity index (χ1v) is 8.29. The number of benzene rings is 1. The van der Waals surface area contributed by atoms with Crippen molar-refractivity contribution in [1.82, 2.24) is 10.6 Å². The molecule has 0 unspecified atom stereocenters. The fourth-order valence-electron chi connectivity index (χ4n) is 2.93. The maximum Gasteiger partial charge on any atom is 0.251 e. The molecule has 1 aromatic carbocycles. The zero-order chi connectivity index (χ0) is 16.7. The first-order valence-electron chi connectivity index (χ1n) is 8.29. The Morgan fingerprint density at radius 3 is 2.78 bits per heavy atom. The van der Waals surface area contributed by atoms with Crippen molar-refractivity contribution in [2.45, 2.75) is 45.3 Å². The largest absolute Gasteiger partial charge is 0.368 e. The summed E-state index contributed by atoms with van der Waals surface area (Å²) in [6.07, 6.45) is 4.87. The first-order chi connectivity index (χ1) is 11.1. The molecule has 0 bridgehead atoms. The van der Waals surface area contributed by atoms with E-state index >= 15 is 0 Å². The number of ether oxygens (including phenoxy) is 1. The lowest BCUT2D eigenvalue weighted by Gasteiger charge is -2.28. The third-order valence-corrected chi connectivity index (χ3v) is 4.37. The van der Waals surface area contributed by atoms with Crippen LogP contribution in [0.1, 0.15) is 48.5 Å². The smallest absolute Gasteiger partial charge is 0.251 e. The Hall–Kier alpha value is -1.88. The minimum atomic E-state index is -0.132. The van der Waals surface area contributed by atoms with Crippen molar-refractivity contribution >= 4 is 11.8 Å². The topological polar surface area (TPSA) is 67.4 Å². The summed E-state index contributed by atoms with van der Waals surface area (Å²) in [6.45, 7) is 2.68. The molecule has 0 radical (unpaired) electrons. The van der Waals surface area contributed by atoms with Crippen molar-refractivity contribution in [3.05, 3.63) is 35.4 Å². The van der Waals surface area contributed by atoms with Gasteiger partial charge in [-0.3, -0.25) is 9.59 Å². The van der Waals surface area contributed by atoms with Crippen LogP contribution < -0.4 is 10.6 Å². The summed E-state index contributed by atoms with van der Waals surface area (Å²) in [5.74, 6) is 0.279. The molecular formula is C18H26N2O3. The van der Waals surface area contributed by atoms with E-state index in [1.165, 1.54) is 19.3 Å². The van der Waals surface area contributed by atoms with Crippen molar-refractivity contribution in [3.8, 4) is 0 Å². The molecule has 0 aliphatic heterocycles. The van der Waals surface area contributed by atoms with Crippen LogP contribution in [0.15, 0.2) is 24.3 Å². The molecule has 0 aromatic heterocycles. The lowest BCUT2D eigenvalue weighted by molar-refractivity contribution is -0.129. The Kier molecular flexibility index (Phi) is 6.59. The van der Waals surface area contributed by atoms with E-state index in [-0.39, 0.29) is 24.5 Å². The molecule has 0 spiro atoms. The third-order valence-electron chi connectivity index (χ3n) is 4.37. The van der Waals surface area contributed by atoms with Gasteiger partial charge in [0, 0.05) is 19.2 Å². The number of rotatable bonds is 6. The van der Waals surface area contributed by atoms with Gasteiger partial charge >= 0.3 is 0 Å². The van der Waals surface area contributed by atoms with Crippen LogP contribution in [0.4, 0.5) is 0 Å². The normalized spacial score (nSPS) is 20.8. The fourth-order valence-corrected chi connectivity index (χ4v) is 2.93. The Morgan fingerprint density at radius 2 is 2.04 bits per heavy atom. The monoisotopic (exact) mass is 318 g/mol. The Balaban J connectivity index is 1.77. The molecule has 0 saturated heterocycles. The summed E-state index contributed by atoms with van der Waals surface area (Å²) in [6, 6.07) is 7.23. The molecule has 1 aliphatic rings. The average Bonchev–Trinajstić information content (AvgIpc) is 2.58. The van der Waals surface area contributed by atoms with Gasteiger partial charge in [-0.25, -0.2) is 0 Å². The maximum absolute atomic E-state index is 11.9. The highest BCUT2D eigenvalue weighted by atomic mass is 16.5. The quantitative estimate of drug-likeness (QED) is 0.845. The third kappa shape index (κ3) is 5.36.